The third kappa shape index (κ3) is 7.11. The summed E-state index contributed by atoms with van der Waals surface area (Å²) in [6.07, 6.45) is -3.13. The average Bonchev–Trinajstić information content (AvgIpc) is 2.85. The molecule has 0 spiro atoms. The molecule has 10 heteroatoms. The molecule has 2 N–H and O–H groups in total. The zero-order valence-corrected chi connectivity index (χ0v) is 21.1. The van der Waals surface area contributed by atoms with Crippen molar-refractivity contribution >= 4 is 27.3 Å². The Hall–Kier alpha value is -3.37. The van der Waals surface area contributed by atoms with E-state index in [-0.39, 0.29) is 22.4 Å². The first-order valence-electron chi connectivity index (χ1n) is 11.9. The van der Waals surface area contributed by atoms with Gasteiger partial charge in [-0.15, -0.1) is 0 Å². The number of benzene rings is 3. The Kier molecular flexibility index (Phi) is 7.89. The van der Waals surface area contributed by atoms with E-state index in [4.69, 9.17) is 0 Å². The van der Waals surface area contributed by atoms with Gasteiger partial charge >= 0.3 is 6.18 Å². The van der Waals surface area contributed by atoms with E-state index in [2.05, 4.69) is 46.1 Å². The molecule has 0 aliphatic carbocycles. The van der Waals surface area contributed by atoms with E-state index in [9.17, 15) is 26.4 Å². The van der Waals surface area contributed by atoms with Gasteiger partial charge in [-0.25, -0.2) is 8.42 Å². The first-order valence-corrected chi connectivity index (χ1v) is 13.4. The lowest BCUT2D eigenvalue weighted by Crippen LogP contribution is -2.37. The number of hydrogen-bond acceptors (Lipinski definition) is 4. The van der Waals surface area contributed by atoms with E-state index in [0.29, 0.717) is 5.69 Å². The number of halogens is 3. The Morgan fingerprint density at radius 1 is 0.946 bits per heavy atom. The molecule has 1 saturated heterocycles. The molecular formula is C27H28F3N3O3S. The summed E-state index contributed by atoms with van der Waals surface area (Å²) in [7, 11) is -4.11. The van der Waals surface area contributed by atoms with Gasteiger partial charge in [0, 0.05) is 23.8 Å². The van der Waals surface area contributed by atoms with Crippen LogP contribution in [0.5, 0.6) is 0 Å². The Morgan fingerprint density at radius 3 is 2.22 bits per heavy atom. The van der Waals surface area contributed by atoms with Crippen LogP contribution in [0.4, 0.5) is 24.5 Å². The first kappa shape index (κ1) is 26.7. The number of nitrogens with zero attached hydrogens (tertiary/aromatic N) is 1. The van der Waals surface area contributed by atoms with Crippen LogP contribution in [0.1, 0.15) is 29.5 Å². The Bertz CT molecular complexity index is 1330. The number of piperidine rings is 1. The monoisotopic (exact) mass is 531 g/mol. The summed E-state index contributed by atoms with van der Waals surface area (Å²) >= 11 is 0. The predicted octanol–water partition coefficient (Wildman–Crippen LogP) is 5.67. The highest BCUT2D eigenvalue weighted by Crippen LogP contribution is 2.31. The second-order valence-electron chi connectivity index (χ2n) is 9.23. The van der Waals surface area contributed by atoms with E-state index in [1.807, 2.05) is 0 Å². The topological polar surface area (TPSA) is 78.5 Å². The summed E-state index contributed by atoms with van der Waals surface area (Å²) in [5.74, 6) is -0.257. The molecule has 0 atom stereocenters. The van der Waals surface area contributed by atoms with Crippen molar-refractivity contribution in [2.24, 2.45) is 5.92 Å². The quantitative estimate of drug-likeness (QED) is 0.412. The third-order valence-electron chi connectivity index (χ3n) is 6.36. The molecular weight excluding hydrogens is 503 g/mol. The number of nitrogens with one attached hydrogen (secondary N) is 2. The number of hydrogen-bond donors (Lipinski definition) is 2. The molecule has 1 aliphatic heterocycles. The number of aryl methyl sites for hydroxylation is 1. The summed E-state index contributed by atoms with van der Waals surface area (Å²) in [6.45, 7) is 4.52. The van der Waals surface area contributed by atoms with Crippen LogP contribution in [-0.2, 0) is 27.5 Å². The minimum Gasteiger partial charge on any atom is -0.326 e. The minimum absolute atomic E-state index is 0.118. The summed E-state index contributed by atoms with van der Waals surface area (Å²) < 4.78 is 66.2. The van der Waals surface area contributed by atoms with E-state index < -0.39 is 21.8 Å². The summed E-state index contributed by atoms with van der Waals surface area (Å²) in [6, 6.07) is 17.9. The Labute approximate surface area is 214 Å². The second-order valence-corrected chi connectivity index (χ2v) is 10.9. The van der Waals surface area contributed by atoms with Gasteiger partial charge in [-0.1, -0.05) is 35.9 Å². The number of anilines is 2. The summed E-state index contributed by atoms with van der Waals surface area (Å²) in [5.41, 5.74) is 1.76. The molecule has 3 aromatic carbocycles. The number of rotatable bonds is 7. The highest BCUT2D eigenvalue weighted by molar-refractivity contribution is 7.92. The van der Waals surface area contributed by atoms with Gasteiger partial charge in [0.25, 0.3) is 10.0 Å². The van der Waals surface area contributed by atoms with E-state index in [1.165, 1.54) is 41.5 Å². The number of carbonyl (C=O) groups is 1. The zero-order valence-electron chi connectivity index (χ0n) is 20.3. The third-order valence-corrected chi connectivity index (χ3v) is 7.76. The van der Waals surface area contributed by atoms with Gasteiger partial charge in [-0.3, -0.25) is 14.4 Å². The highest BCUT2D eigenvalue weighted by Gasteiger charge is 2.31. The van der Waals surface area contributed by atoms with Gasteiger partial charge < -0.3 is 5.32 Å². The van der Waals surface area contributed by atoms with Crippen LogP contribution in [0.3, 0.4) is 0 Å². The van der Waals surface area contributed by atoms with Crippen molar-refractivity contribution in [1.29, 1.82) is 0 Å². The van der Waals surface area contributed by atoms with Crippen LogP contribution in [0.2, 0.25) is 0 Å². The van der Waals surface area contributed by atoms with Crippen LogP contribution in [-0.4, -0.2) is 32.3 Å². The molecule has 196 valence electrons. The molecule has 1 fully saturated rings. The maximum Gasteiger partial charge on any atom is 0.416 e. The lowest BCUT2D eigenvalue weighted by Gasteiger charge is -2.31. The molecule has 0 unspecified atom stereocenters. The largest absolute Gasteiger partial charge is 0.416 e. The number of sulfonamides is 1. The second kappa shape index (κ2) is 10.9. The predicted molar refractivity (Wildman–Crippen MR) is 137 cm³/mol. The molecule has 1 amide bonds. The van der Waals surface area contributed by atoms with Gasteiger partial charge in [0.15, 0.2) is 0 Å². The molecule has 0 radical (unpaired) electrons. The average molecular weight is 532 g/mol. The minimum atomic E-state index is -4.58. The molecule has 3 aromatic rings. The van der Waals surface area contributed by atoms with Gasteiger partial charge in [-0.05, 0) is 80.9 Å². The van der Waals surface area contributed by atoms with Gasteiger partial charge in [0.2, 0.25) is 5.91 Å². The summed E-state index contributed by atoms with van der Waals surface area (Å²) in [4.78, 5) is 14.9. The van der Waals surface area contributed by atoms with E-state index >= 15 is 0 Å². The van der Waals surface area contributed by atoms with Crippen LogP contribution >= 0.6 is 0 Å². The van der Waals surface area contributed by atoms with Gasteiger partial charge in [0.1, 0.15) is 0 Å². The molecule has 0 bridgehead atoms. The number of alkyl halides is 3. The van der Waals surface area contributed by atoms with Crippen molar-refractivity contribution in [1.82, 2.24) is 4.90 Å². The van der Waals surface area contributed by atoms with Crippen molar-refractivity contribution in [3.05, 3.63) is 89.5 Å². The number of amides is 1. The van der Waals surface area contributed by atoms with E-state index in [1.54, 1.807) is 0 Å². The molecule has 1 aliphatic rings. The molecule has 1 heterocycles. The first-order chi connectivity index (χ1) is 17.5. The molecule has 4 rings (SSSR count). The standard InChI is InChI=1S/C27H28F3N3O3S/c1-19-5-7-20(8-6-19)18-33-15-13-21(14-16-33)26(34)31-23-9-11-25(12-10-23)37(35,36)32-24-4-2-3-22(17-24)27(28,29)30/h2-12,17,21,32H,13-16,18H2,1H3,(H,31,34). The van der Waals surface area contributed by atoms with Crippen LogP contribution in [0.15, 0.2) is 77.7 Å². The smallest absolute Gasteiger partial charge is 0.326 e. The molecule has 0 saturated carbocycles. The number of likely N-dealkylation sites (tertiary alicyclic amines) is 1. The summed E-state index contributed by atoms with van der Waals surface area (Å²) in [5, 5.41) is 2.84. The van der Waals surface area contributed by atoms with Crippen molar-refractivity contribution in [2.45, 2.75) is 37.4 Å². The Morgan fingerprint density at radius 2 is 1.59 bits per heavy atom. The van der Waals surface area contributed by atoms with Crippen molar-refractivity contribution < 1.29 is 26.4 Å². The molecule has 6 nitrogen and oxygen atoms in total. The van der Waals surface area contributed by atoms with Crippen molar-refractivity contribution in [2.75, 3.05) is 23.1 Å². The van der Waals surface area contributed by atoms with E-state index in [0.717, 1.165) is 50.7 Å². The van der Waals surface area contributed by atoms with Gasteiger partial charge in [-0.2, -0.15) is 13.2 Å². The van der Waals surface area contributed by atoms with Crippen LogP contribution in [0.25, 0.3) is 0 Å². The number of carbonyl (C=O) groups excluding carboxylic acids is 1. The van der Waals surface area contributed by atoms with Crippen molar-refractivity contribution in [3.8, 4) is 0 Å². The molecule has 37 heavy (non-hydrogen) atoms. The lowest BCUT2D eigenvalue weighted by molar-refractivity contribution is -0.137. The van der Waals surface area contributed by atoms with Crippen LogP contribution < -0.4 is 10.0 Å². The maximum absolute atomic E-state index is 12.9. The Balaban J connectivity index is 1.31. The normalized spacial score (nSPS) is 15.4. The highest BCUT2D eigenvalue weighted by atomic mass is 32.2. The SMILES string of the molecule is Cc1ccc(CN2CCC(C(=O)Nc3ccc(S(=O)(=O)Nc4cccc(C(F)(F)F)c4)cc3)CC2)cc1. The fourth-order valence-electron chi connectivity index (χ4n) is 4.24. The lowest BCUT2D eigenvalue weighted by atomic mass is 9.95. The molecule has 0 aromatic heterocycles. The zero-order chi connectivity index (χ0) is 26.6. The fraction of sp³-hybridized carbons (Fsp3) is 0.296. The van der Waals surface area contributed by atoms with Crippen molar-refractivity contribution in [3.63, 3.8) is 0 Å². The van der Waals surface area contributed by atoms with Crippen LogP contribution in [0, 0.1) is 12.8 Å². The van der Waals surface area contributed by atoms with Gasteiger partial charge in [0.05, 0.1) is 10.5 Å². The fourth-order valence-corrected chi connectivity index (χ4v) is 5.29. The maximum atomic E-state index is 12.9.